The smallest absolute Gasteiger partial charge is 0.319 e. The molecule has 3 aliphatic heterocycles. The number of thiophene rings is 1. The van der Waals surface area contributed by atoms with Gasteiger partial charge in [0, 0.05) is 34.8 Å². The number of rotatable bonds is 6. The highest BCUT2D eigenvalue weighted by Crippen LogP contribution is 2.47. The highest BCUT2D eigenvalue weighted by molar-refractivity contribution is 7.23. The Morgan fingerprint density at radius 3 is 2.78 bits per heavy atom. The molecular formula is C34H29F4N9O2S. The molecule has 11 nitrogen and oxygen atoms in total. The minimum absolute atomic E-state index is 0.00104. The van der Waals surface area contributed by atoms with E-state index in [4.69, 9.17) is 25.9 Å². The molecule has 2 saturated heterocycles. The summed E-state index contributed by atoms with van der Waals surface area (Å²) in [6, 6.07) is 7.51. The third-order valence-electron chi connectivity index (χ3n) is 9.93. The second-order valence-corrected chi connectivity index (χ2v) is 13.7. The van der Waals surface area contributed by atoms with Crippen molar-refractivity contribution < 1.29 is 27.0 Å². The van der Waals surface area contributed by atoms with Gasteiger partial charge in [0.15, 0.2) is 5.82 Å². The van der Waals surface area contributed by atoms with Crippen molar-refractivity contribution in [1.29, 1.82) is 5.26 Å². The first-order valence-corrected chi connectivity index (χ1v) is 16.7. The first-order valence-electron chi connectivity index (χ1n) is 15.9. The van der Waals surface area contributed by atoms with Gasteiger partial charge >= 0.3 is 6.01 Å². The molecule has 256 valence electrons. The number of nitrogens with two attached hydrogens (primary N) is 2. The van der Waals surface area contributed by atoms with Crippen LogP contribution in [-0.4, -0.2) is 63.2 Å². The lowest BCUT2D eigenvalue weighted by molar-refractivity contribution is 0.108. The van der Waals surface area contributed by atoms with Gasteiger partial charge in [-0.25, -0.2) is 18.7 Å². The summed E-state index contributed by atoms with van der Waals surface area (Å²) in [5.74, 6) is -0.911. The van der Waals surface area contributed by atoms with Gasteiger partial charge in [-0.2, -0.15) is 24.0 Å². The fraction of sp³-hybridized carbons (Fsp3) is 0.324. The molecule has 2 fully saturated rings. The van der Waals surface area contributed by atoms with E-state index < -0.39 is 29.3 Å². The van der Waals surface area contributed by atoms with Crippen molar-refractivity contribution >= 4 is 49.0 Å². The van der Waals surface area contributed by atoms with Gasteiger partial charge in [0.25, 0.3) is 6.08 Å². The number of pyridine rings is 2. The summed E-state index contributed by atoms with van der Waals surface area (Å²) in [4.78, 5) is 22.0. The highest BCUT2D eigenvalue weighted by atomic mass is 32.1. The summed E-state index contributed by atoms with van der Waals surface area (Å²) >= 11 is 0.885. The molecule has 50 heavy (non-hydrogen) atoms. The lowest BCUT2D eigenvalue weighted by Gasteiger charge is -2.32. The van der Waals surface area contributed by atoms with Crippen molar-refractivity contribution in [3.8, 4) is 29.2 Å². The van der Waals surface area contributed by atoms with Crippen molar-refractivity contribution in [3.05, 3.63) is 64.9 Å². The van der Waals surface area contributed by atoms with Crippen LogP contribution in [0, 0.1) is 23.0 Å². The Morgan fingerprint density at radius 2 is 2.00 bits per heavy atom. The van der Waals surface area contributed by atoms with E-state index in [-0.39, 0.29) is 98.8 Å². The normalized spacial score (nSPS) is 19.4. The van der Waals surface area contributed by atoms with Crippen LogP contribution in [0.25, 0.3) is 32.2 Å². The molecular weight excluding hydrogens is 674 g/mol. The summed E-state index contributed by atoms with van der Waals surface area (Å²) in [6.45, 7) is 3.09. The third kappa shape index (κ3) is 4.94. The highest BCUT2D eigenvalue weighted by Gasteiger charge is 2.48. The van der Waals surface area contributed by atoms with Crippen LogP contribution < -0.4 is 25.8 Å². The summed E-state index contributed by atoms with van der Waals surface area (Å²) in [5, 5.41) is 10.3. The molecule has 0 amide bonds. The summed E-state index contributed by atoms with van der Waals surface area (Å²) in [6.07, 6.45) is 1.50. The van der Waals surface area contributed by atoms with E-state index in [2.05, 4.69) is 15.0 Å². The average molecular weight is 704 g/mol. The molecule has 8 rings (SSSR count). The SMILES string of the molecule is C[C@H](c1cccnc1N)N1CCOc2nc(-c3ccc(F)c4sc(N)c(C#N)c34)c(F)c3nc(OCC45CCCN4CC(=C(F)F)C5)nc1c23. The number of anilines is 3. The lowest BCUT2D eigenvalue weighted by Crippen LogP contribution is -2.43. The third-order valence-corrected chi connectivity index (χ3v) is 11.0. The van der Waals surface area contributed by atoms with Gasteiger partial charge in [-0.1, -0.05) is 6.07 Å². The predicted molar refractivity (Wildman–Crippen MR) is 180 cm³/mol. The van der Waals surface area contributed by atoms with Crippen molar-refractivity contribution in [2.45, 2.75) is 37.8 Å². The summed E-state index contributed by atoms with van der Waals surface area (Å²) < 4.78 is 71.8. The topological polar surface area (TPSA) is 152 Å². The van der Waals surface area contributed by atoms with Gasteiger partial charge in [0.05, 0.1) is 28.4 Å². The van der Waals surface area contributed by atoms with Crippen LogP contribution >= 0.6 is 11.3 Å². The van der Waals surface area contributed by atoms with E-state index in [1.54, 1.807) is 12.3 Å². The van der Waals surface area contributed by atoms with Crippen molar-refractivity contribution in [2.24, 2.45) is 0 Å². The second kappa shape index (κ2) is 12.0. The summed E-state index contributed by atoms with van der Waals surface area (Å²) in [7, 11) is 0. The zero-order chi connectivity index (χ0) is 34.9. The molecule has 0 spiro atoms. The van der Waals surface area contributed by atoms with Crippen LogP contribution in [0.15, 0.2) is 42.1 Å². The Labute approximate surface area is 286 Å². The molecule has 4 N–H and O–H groups in total. The van der Waals surface area contributed by atoms with E-state index >= 15 is 4.39 Å². The predicted octanol–water partition coefficient (Wildman–Crippen LogP) is 6.34. The zero-order valence-electron chi connectivity index (χ0n) is 26.6. The molecule has 4 aromatic heterocycles. The minimum atomic E-state index is -1.68. The number of halogens is 4. The Bertz CT molecular complexity index is 2290. The molecule has 0 aliphatic carbocycles. The maximum Gasteiger partial charge on any atom is 0.319 e. The second-order valence-electron chi connectivity index (χ2n) is 12.7. The number of nitrogens with zero attached hydrogens (tertiary/aromatic N) is 7. The number of aromatic nitrogens is 4. The van der Waals surface area contributed by atoms with Crippen LogP contribution in [0.5, 0.6) is 11.9 Å². The monoisotopic (exact) mass is 703 g/mol. The van der Waals surface area contributed by atoms with Crippen LogP contribution in [0.4, 0.5) is 34.2 Å². The average Bonchev–Trinajstić information content (AvgIpc) is 3.73. The van der Waals surface area contributed by atoms with Crippen LogP contribution in [0.1, 0.15) is 43.4 Å². The van der Waals surface area contributed by atoms with Crippen molar-refractivity contribution in [1.82, 2.24) is 24.8 Å². The van der Waals surface area contributed by atoms with E-state index in [1.807, 2.05) is 28.9 Å². The number of hydrogen-bond donors (Lipinski definition) is 2. The van der Waals surface area contributed by atoms with Gasteiger partial charge in [-0.05, 0) is 50.9 Å². The minimum Gasteiger partial charge on any atom is -0.475 e. The number of hydrogen-bond acceptors (Lipinski definition) is 12. The van der Waals surface area contributed by atoms with Crippen molar-refractivity contribution in [2.75, 3.05) is 49.2 Å². The molecule has 1 unspecified atom stereocenters. The summed E-state index contributed by atoms with van der Waals surface area (Å²) in [5.41, 5.74) is 12.1. The molecule has 1 aromatic carbocycles. The molecule has 16 heteroatoms. The van der Waals surface area contributed by atoms with E-state index in [9.17, 15) is 18.4 Å². The lowest BCUT2D eigenvalue weighted by atomic mass is 9.94. The van der Waals surface area contributed by atoms with E-state index in [0.29, 0.717) is 24.3 Å². The standard InChI is InChI=1S/C34H29F4N9O2S/c1-16(18-4-2-8-42-29(18)40)47-10-11-48-32-23-26(24(36)25(43-32)19-5-6-21(35)27-22(19)20(13-39)30(41)50-27)44-33(45-31(23)47)49-15-34-7-3-9-46(34)14-17(12-34)28(37)38/h2,4-6,8,16H,3,7,9-12,14-15,41H2,1H3,(H2,40,42)/t16-,34?/m1/s1. The first-order chi connectivity index (χ1) is 24.1. The Balaban J connectivity index is 1.32. The number of nitrogen functional groups attached to an aromatic ring is 2. The number of fused-ring (bicyclic) bond motifs is 2. The Morgan fingerprint density at radius 1 is 1.16 bits per heavy atom. The van der Waals surface area contributed by atoms with Gasteiger partial charge in [-0.15, -0.1) is 11.3 Å². The molecule has 0 saturated carbocycles. The number of benzene rings is 1. The molecule has 0 radical (unpaired) electrons. The maximum atomic E-state index is 17.1. The molecule has 5 aromatic rings. The maximum absolute atomic E-state index is 17.1. The Kier molecular flexibility index (Phi) is 7.64. The first kappa shape index (κ1) is 32.0. The largest absolute Gasteiger partial charge is 0.475 e. The molecule has 0 bridgehead atoms. The van der Waals surface area contributed by atoms with Crippen LogP contribution in [0.2, 0.25) is 0 Å². The quantitative estimate of drug-likeness (QED) is 0.191. The molecule has 7 heterocycles. The number of ether oxygens (including phenoxy) is 2. The number of nitriles is 1. The van der Waals surface area contributed by atoms with Crippen LogP contribution in [0.3, 0.4) is 0 Å². The molecule has 3 aliphatic rings. The zero-order valence-corrected chi connectivity index (χ0v) is 27.5. The van der Waals surface area contributed by atoms with Crippen molar-refractivity contribution in [3.63, 3.8) is 0 Å². The van der Waals surface area contributed by atoms with Gasteiger partial charge in [-0.3, -0.25) is 4.90 Å². The fourth-order valence-electron chi connectivity index (χ4n) is 7.50. The van der Waals surface area contributed by atoms with E-state index in [1.165, 1.54) is 6.07 Å². The molecule has 2 atom stereocenters. The van der Waals surface area contributed by atoms with Gasteiger partial charge in [0.1, 0.15) is 58.3 Å². The van der Waals surface area contributed by atoms with E-state index in [0.717, 1.165) is 23.8 Å². The Hall–Kier alpha value is -5.27. The van der Waals surface area contributed by atoms with Gasteiger partial charge < -0.3 is 25.8 Å². The van der Waals surface area contributed by atoms with Gasteiger partial charge in [0.2, 0.25) is 5.88 Å². The fourth-order valence-corrected chi connectivity index (χ4v) is 8.45. The van der Waals surface area contributed by atoms with Crippen LogP contribution in [-0.2, 0) is 0 Å².